The fourth-order valence-electron chi connectivity index (χ4n) is 3.05. The quantitative estimate of drug-likeness (QED) is 0.659. The van der Waals surface area contributed by atoms with E-state index < -0.39 is 0 Å². The molecule has 0 aliphatic carbocycles. The van der Waals surface area contributed by atoms with E-state index in [1.54, 1.807) is 0 Å². The van der Waals surface area contributed by atoms with Gasteiger partial charge in [0.15, 0.2) is 0 Å². The van der Waals surface area contributed by atoms with Crippen LogP contribution >= 0.6 is 0 Å². The lowest BCUT2D eigenvalue weighted by Crippen LogP contribution is -2.53. The third kappa shape index (κ3) is 4.77. The molecule has 2 atom stereocenters. The van der Waals surface area contributed by atoms with E-state index >= 15 is 0 Å². The summed E-state index contributed by atoms with van der Waals surface area (Å²) in [6.07, 6.45) is 4.79. The Morgan fingerprint density at radius 2 is 2.21 bits per heavy atom. The number of rotatable bonds is 7. The summed E-state index contributed by atoms with van der Waals surface area (Å²) in [5.41, 5.74) is -0.266. The largest absolute Gasteiger partial charge is 0.394 e. The Labute approximate surface area is 117 Å². The topological polar surface area (TPSA) is 61.4 Å². The molecule has 0 saturated carbocycles. The second-order valence-electron chi connectivity index (χ2n) is 6.29. The van der Waals surface area contributed by atoms with Crippen LogP contribution in [0.3, 0.4) is 0 Å². The Bertz CT molecular complexity index is 268. The van der Waals surface area contributed by atoms with Gasteiger partial charge in [0.2, 0.25) is 5.91 Å². The lowest BCUT2D eigenvalue weighted by atomic mass is 9.76. The molecule has 0 aromatic carbocycles. The standard InChI is InChI=1S/C15H30N2O2/c1-4-6-15(7-5-8-16-11-15)14(19)17-13(10-18)9-12(2)3/h12-13,16,18H,4-11H2,1-3H3,(H,17,19). The van der Waals surface area contributed by atoms with Gasteiger partial charge in [-0.3, -0.25) is 4.79 Å². The summed E-state index contributed by atoms with van der Waals surface area (Å²) >= 11 is 0. The molecule has 19 heavy (non-hydrogen) atoms. The van der Waals surface area contributed by atoms with E-state index in [4.69, 9.17) is 0 Å². The summed E-state index contributed by atoms with van der Waals surface area (Å²) in [4.78, 5) is 12.6. The van der Waals surface area contributed by atoms with Crippen molar-refractivity contribution >= 4 is 5.91 Å². The highest BCUT2D eigenvalue weighted by molar-refractivity contribution is 5.83. The summed E-state index contributed by atoms with van der Waals surface area (Å²) in [5.74, 6) is 0.602. The summed E-state index contributed by atoms with van der Waals surface area (Å²) in [6, 6.07) is -0.108. The third-order valence-corrected chi connectivity index (χ3v) is 3.99. The maximum Gasteiger partial charge on any atom is 0.227 e. The zero-order valence-corrected chi connectivity index (χ0v) is 12.7. The molecular formula is C15H30N2O2. The molecule has 0 aromatic heterocycles. The van der Waals surface area contributed by atoms with Gasteiger partial charge in [-0.1, -0.05) is 27.2 Å². The van der Waals surface area contributed by atoms with Crippen LogP contribution in [0.5, 0.6) is 0 Å². The fourth-order valence-corrected chi connectivity index (χ4v) is 3.05. The van der Waals surface area contributed by atoms with Crippen molar-refractivity contribution in [3.8, 4) is 0 Å². The SMILES string of the molecule is CCCC1(C(=O)NC(CO)CC(C)C)CCCNC1. The van der Waals surface area contributed by atoms with Crippen LogP contribution in [0.4, 0.5) is 0 Å². The molecule has 1 rings (SSSR count). The molecule has 1 amide bonds. The first-order chi connectivity index (χ1) is 9.04. The summed E-state index contributed by atoms with van der Waals surface area (Å²) < 4.78 is 0. The molecule has 0 spiro atoms. The smallest absolute Gasteiger partial charge is 0.227 e. The maximum atomic E-state index is 12.6. The Morgan fingerprint density at radius 3 is 2.68 bits per heavy atom. The molecule has 1 aliphatic rings. The summed E-state index contributed by atoms with van der Waals surface area (Å²) in [7, 11) is 0. The Balaban J connectivity index is 2.65. The highest BCUT2D eigenvalue weighted by Gasteiger charge is 2.39. The van der Waals surface area contributed by atoms with Crippen LogP contribution in [0.1, 0.15) is 52.9 Å². The molecule has 1 saturated heterocycles. The van der Waals surface area contributed by atoms with E-state index in [-0.39, 0.29) is 24.0 Å². The molecule has 2 unspecified atom stereocenters. The van der Waals surface area contributed by atoms with Gasteiger partial charge in [-0.25, -0.2) is 0 Å². The van der Waals surface area contributed by atoms with Gasteiger partial charge in [-0.2, -0.15) is 0 Å². The number of hydrogen-bond donors (Lipinski definition) is 3. The van der Waals surface area contributed by atoms with Crippen LogP contribution < -0.4 is 10.6 Å². The van der Waals surface area contributed by atoms with E-state index in [1.165, 1.54) is 0 Å². The third-order valence-electron chi connectivity index (χ3n) is 3.99. The lowest BCUT2D eigenvalue weighted by Gasteiger charge is -2.37. The molecule has 112 valence electrons. The van der Waals surface area contributed by atoms with Gasteiger partial charge >= 0.3 is 0 Å². The van der Waals surface area contributed by atoms with Crippen molar-refractivity contribution in [3.63, 3.8) is 0 Å². The number of amides is 1. The van der Waals surface area contributed by atoms with Gasteiger partial charge in [0.25, 0.3) is 0 Å². The van der Waals surface area contributed by atoms with Gasteiger partial charge < -0.3 is 15.7 Å². The molecule has 0 radical (unpaired) electrons. The first-order valence-corrected chi connectivity index (χ1v) is 7.66. The minimum atomic E-state index is -0.266. The minimum absolute atomic E-state index is 0.0273. The molecule has 4 heteroatoms. The number of piperidine rings is 1. The van der Waals surface area contributed by atoms with Crippen LogP contribution in [0.25, 0.3) is 0 Å². The average molecular weight is 270 g/mol. The first kappa shape index (κ1) is 16.4. The van der Waals surface area contributed by atoms with E-state index in [0.717, 1.165) is 45.2 Å². The average Bonchev–Trinajstić information content (AvgIpc) is 2.38. The molecule has 4 nitrogen and oxygen atoms in total. The highest BCUT2D eigenvalue weighted by atomic mass is 16.3. The first-order valence-electron chi connectivity index (χ1n) is 7.66. The number of carbonyl (C=O) groups excluding carboxylic acids is 1. The van der Waals surface area contributed by atoms with Crippen LogP contribution in [-0.2, 0) is 4.79 Å². The highest BCUT2D eigenvalue weighted by Crippen LogP contribution is 2.32. The predicted molar refractivity (Wildman–Crippen MR) is 77.9 cm³/mol. The van der Waals surface area contributed by atoms with Gasteiger partial charge in [-0.15, -0.1) is 0 Å². The number of aliphatic hydroxyl groups excluding tert-OH is 1. The Kier molecular flexibility index (Phi) is 6.80. The van der Waals surface area contributed by atoms with Crippen molar-refractivity contribution in [3.05, 3.63) is 0 Å². The van der Waals surface area contributed by atoms with E-state index in [9.17, 15) is 9.90 Å². The molecule has 1 fully saturated rings. The number of hydrogen-bond acceptors (Lipinski definition) is 3. The predicted octanol–water partition coefficient (Wildman–Crippen LogP) is 1.68. The maximum absolute atomic E-state index is 12.6. The van der Waals surface area contributed by atoms with E-state index in [1.807, 2.05) is 0 Å². The number of carbonyl (C=O) groups is 1. The van der Waals surface area contributed by atoms with Gasteiger partial charge in [0, 0.05) is 6.54 Å². The lowest BCUT2D eigenvalue weighted by molar-refractivity contribution is -0.133. The van der Waals surface area contributed by atoms with E-state index in [2.05, 4.69) is 31.4 Å². The van der Waals surface area contributed by atoms with Gasteiger partial charge in [0.1, 0.15) is 0 Å². The van der Waals surface area contributed by atoms with Crippen LogP contribution in [0, 0.1) is 11.3 Å². The zero-order chi connectivity index (χ0) is 14.3. The monoisotopic (exact) mass is 270 g/mol. The van der Waals surface area contributed by atoms with Crippen molar-refractivity contribution < 1.29 is 9.90 Å². The molecular weight excluding hydrogens is 240 g/mol. The second kappa shape index (κ2) is 7.85. The Hall–Kier alpha value is -0.610. The van der Waals surface area contributed by atoms with E-state index in [0.29, 0.717) is 5.92 Å². The van der Waals surface area contributed by atoms with Crippen molar-refractivity contribution in [1.29, 1.82) is 0 Å². The normalized spacial score (nSPS) is 25.3. The molecule has 1 heterocycles. The van der Waals surface area contributed by atoms with Crippen LogP contribution in [0.2, 0.25) is 0 Å². The molecule has 3 N–H and O–H groups in total. The zero-order valence-electron chi connectivity index (χ0n) is 12.7. The fraction of sp³-hybridized carbons (Fsp3) is 0.933. The summed E-state index contributed by atoms with van der Waals surface area (Å²) in [6.45, 7) is 8.15. The van der Waals surface area contributed by atoms with Gasteiger partial charge in [0.05, 0.1) is 18.1 Å². The van der Waals surface area contributed by atoms with Crippen molar-refractivity contribution in [2.75, 3.05) is 19.7 Å². The van der Waals surface area contributed by atoms with Crippen LogP contribution in [-0.4, -0.2) is 36.8 Å². The minimum Gasteiger partial charge on any atom is -0.394 e. The van der Waals surface area contributed by atoms with Crippen molar-refractivity contribution in [1.82, 2.24) is 10.6 Å². The Morgan fingerprint density at radius 1 is 1.47 bits per heavy atom. The van der Waals surface area contributed by atoms with Gasteiger partial charge in [-0.05, 0) is 38.1 Å². The summed E-state index contributed by atoms with van der Waals surface area (Å²) in [5, 5.41) is 15.8. The molecule has 0 aromatic rings. The second-order valence-corrected chi connectivity index (χ2v) is 6.29. The number of aliphatic hydroxyl groups is 1. The van der Waals surface area contributed by atoms with Crippen LogP contribution in [0.15, 0.2) is 0 Å². The van der Waals surface area contributed by atoms with Crippen molar-refractivity contribution in [2.24, 2.45) is 11.3 Å². The van der Waals surface area contributed by atoms with Crippen molar-refractivity contribution in [2.45, 2.75) is 58.9 Å². The molecule has 0 bridgehead atoms. The molecule has 1 aliphatic heterocycles. The number of nitrogens with one attached hydrogen (secondary N) is 2.